The van der Waals surface area contributed by atoms with Gasteiger partial charge in [0.05, 0.1) is 11.8 Å². The van der Waals surface area contributed by atoms with Gasteiger partial charge in [-0.15, -0.1) is 11.3 Å². The van der Waals surface area contributed by atoms with Gasteiger partial charge in [-0.1, -0.05) is 6.07 Å². The van der Waals surface area contributed by atoms with Crippen molar-refractivity contribution < 1.29 is 14.7 Å². The molecule has 0 bridgehead atoms. The standard InChI is InChI=1S/C16H17N5OS/c17-11-13-4-10-23-16(13)19-15(22)12-20-6-8-21(9-7-20)14-3-1-2-5-18-14/h1-5,10H,6-9,12H2,(H,19,22)/p+2. The number of aromatic nitrogens is 1. The number of carbonyl (C=O) groups is 1. The Kier molecular flexibility index (Phi) is 4.86. The maximum Gasteiger partial charge on any atom is 0.280 e. The molecule has 23 heavy (non-hydrogen) atoms. The summed E-state index contributed by atoms with van der Waals surface area (Å²) in [5.41, 5.74) is 0.530. The topological polar surface area (TPSA) is 74.7 Å². The van der Waals surface area contributed by atoms with Gasteiger partial charge < -0.3 is 10.2 Å². The van der Waals surface area contributed by atoms with Crippen LogP contribution in [0.2, 0.25) is 0 Å². The van der Waals surface area contributed by atoms with Crippen molar-refractivity contribution in [2.24, 2.45) is 0 Å². The molecule has 0 radical (unpaired) electrons. The van der Waals surface area contributed by atoms with Crippen LogP contribution >= 0.6 is 11.3 Å². The number of thiophene rings is 1. The number of hydrogen-bond donors (Lipinski definition) is 2. The van der Waals surface area contributed by atoms with Crippen LogP contribution in [-0.4, -0.2) is 38.6 Å². The highest BCUT2D eigenvalue weighted by Crippen LogP contribution is 2.21. The van der Waals surface area contributed by atoms with E-state index in [4.69, 9.17) is 5.26 Å². The quantitative estimate of drug-likeness (QED) is 0.814. The molecule has 2 aromatic rings. The Morgan fingerprint density at radius 2 is 2.22 bits per heavy atom. The molecule has 1 aliphatic heterocycles. The first-order valence-corrected chi connectivity index (χ1v) is 8.47. The first-order valence-electron chi connectivity index (χ1n) is 7.59. The summed E-state index contributed by atoms with van der Waals surface area (Å²) in [6.07, 6.45) is 1.93. The number of amides is 1. The van der Waals surface area contributed by atoms with Crippen molar-refractivity contribution in [1.82, 2.24) is 0 Å². The normalized spacial score (nSPS) is 15.2. The molecule has 7 heteroatoms. The monoisotopic (exact) mass is 329 g/mol. The third-order valence-electron chi connectivity index (χ3n) is 3.95. The molecule has 3 heterocycles. The molecular formula is C16H19N5OS+2. The van der Waals surface area contributed by atoms with Crippen LogP contribution in [-0.2, 0) is 4.79 Å². The molecule has 118 valence electrons. The molecule has 1 aliphatic rings. The Morgan fingerprint density at radius 3 is 2.91 bits per heavy atom. The summed E-state index contributed by atoms with van der Waals surface area (Å²) < 4.78 is 0. The molecule has 6 nitrogen and oxygen atoms in total. The van der Waals surface area contributed by atoms with Gasteiger partial charge in [-0.3, -0.25) is 9.69 Å². The van der Waals surface area contributed by atoms with Crippen molar-refractivity contribution in [3.8, 4) is 6.07 Å². The van der Waals surface area contributed by atoms with Crippen LogP contribution < -0.4 is 20.1 Å². The molecule has 0 unspecified atom stereocenters. The SMILES string of the molecule is N#Cc1ccsc1NC(=O)C[NH+]1CCN(c2cccc[nH+]2)CC1. The number of nitrogens with zero attached hydrogens (tertiary/aromatic N) is 2. The van der Waals surface area contributed by atoms with Crippen molar-refractivity contribution in [2.75, 3.05) is 42.9 Å². The van der Waals surface area contributed by atoms with Gasteiger partial charge in [-0.25, -0.2) is 4.98 Å². The van der Waals surface area contributed by atoms with Crippen LogP contribution in [0.4, 0.5) is 10.8 Å². The number of piperazine rings is 1. The zero-order valence-corrected chi connectivity index (χ0v) is 13.5. The third-order valence-corrected chi connectivity index (χ3v) is 4.78. The minimum absolute atomic E-state index is 0.0290. The molecule has 1 amide bonds. The molecule has 3 N–H and O–H groups in total. The molecule has 3 rings (SSSR count). The second-order valence-corrected chi connectivity index (χ2v) is 6.40. The fourth-order valence-corrected chi connectivity index (χ4v) is 3.47. The fraction of sp³-hybridized carbons (Fsp3) is 0.312. The first kappa shape index (κ1) is 15.5. The second kappa shape index (κ2) is 7.22. The summed E-state index contributed by atoms with van der Waals surface area (Å²) in [7, 11) is 0. The van der Waals surface area contributed by atoms with Crippen LogP contribution in [0.5, 0.6) is 0 Å². The molecular weight excluding hydrogens is 310 g/mol. The maximum absolute atomic E-state index is 12.1. The predicted octanol–water partition coefficient (Wildman–Crippen LogP) is -0.223. The summed E-state index contributed by atoms with van der Waals surface area (Å²) in [6.45, 7) is 4.13. The Balaban J connectivity index is 1.49. The zero-order valence-electron chi connectivity index (χ0n) is 12.7. The van der Waals surface area contributed by atoms with Gasteiger partial charge in [0, 0.05) is 6.07 Å². The van der Waals surface area contributed by atoms with Crippen molar-refractivity contribution in [2.45, 2.75) is 0 Å². The van der Waals surface area contributed by atoms with Gasteiger partial charge >= 0.3 is 0 Å². The van der Waals surface area contributed by atoms with E-state index in [1.54, 1.807) is 6.07 Å². The zero-order chi connectivity index (χ0) is 16.1. The van der Waals surface area contributed by atoms with E-state index >= 15 is 0 Å². The Hall–Kier alpha value is -2.43. The van der Waals surface area contributed by atoms with Crippen molar-refractivity contribution in [3.63, 3.8) is 0 Å². The van der Waals surface area contributed by atoms with Crippen molar-refractivity contribution in [3.05, 3.63) is 41.4 Å². The molecule has 0 saturated carbocycles. The Morgan fingerprint density at radius 1 is 1.39 bits per heavy atom. The number of pyridine rings is 1. The fourth-order valence-electron chi connectivity index (χ4n) is 2.71. The lowest BCUT2D eigenvalue weighted by Crippen LogP contribution is -3.15. The van der Waals surface area contributed by atoms with Gasteiger partial charge in [0.1, 0.15) is 37.2 Å². The number of quaternary nitrogens is 1. The van der Waals surface area contributed by atoms with Crippen LogP contribution in [0.25, 0.3) is 0 Å². The van der Waals surface area contributed by atoms with Gasteiger partial charge in [0.2, 0.25) is 0 Å². The average molecular weight is 329 g/mol. The van der Waals surface area contributed by atoms with E-state index in [-0.39, 0.29) is 5.91 Å². The smallest absolute Gasteiger partial charge is 0.280 e. The predicted molar refractivity (Wildman–Crippen MR) is 88.4 cm³/mol. The summed E-state index contributed by atoms with van der Waals surface area (Å²) in [5, 5.41) is 14.3. The minimum atomic E-state index is -0.0290. The van der Waals surface area contributed by atoms with Crippen LogP contribution in [0.15, 0.2) is 35.8 Å². The summed E-state index contributed by atoms with van der Waals surface area (Å²) in [6, 6.07) is 9.87. The van der Waals surface area contributed by atoms with Crippen LogP contribution in [0, 0.1) is 11.3 Å². The molecule has 2 aromatic heterocycles. The van der Waals surface area contributed by atoms with E-state index in [1.165, 1.54) is 16.2 Å². The highest BCUT2D eigenvalue weighted by Gasteiger charge is 2.27. The molecule has 0 spiro atoms. The van der Waals surface area contributed by atoms with Crippen LogP contribution in [0.1, 0.15) is 5.56 Å². The maximum atomic E-state index is 12.1. The lowest BCUT2D eigenvalue weighted by atomic mass is 10.3. The first-order chi connectivity index (χ1) is 11.3. The number of nitrogens with one attached hydrogen (secondary N) is 3. The lowest BCUT2D eigenvalue weighted by molar-refractivity contribution is -0.892. The van der Waals surface area contributed by atoms with E-state index in [1.807, 2.05) is 23.7 Å². The number of nitriles is 1. The largest absolute Gasteiger partial charge is 0.321 e. The number of hydrogen-bond acceptors (Lipinski definition) is 4. The van der Waals surface area contributed by atoms with E-state index < -0.39 is 0 Å². The summed E-state index contributed by atoms with van der Waals surface area (Å²) in [4.78, 5) is 19.0. The highest BCUT2D eigenvalue weighted by atomic mass is 32.1. The molecule has 0 aromatic carbocycles. The Bertz CT molecular complexity index is 701. The second-order valence-electron chi connectivity index (χ2n) is 5.49. The molecule has 0 aliphatic carbocycles. The summed E-state index contributed by atoms with van der Waals surface area (Å²) >= 11 is 1.39. The van der Waals surface area contributed by atoms with E-state index in [0.29, 0.717) is 17.1 Å². The number of anilines is 2. The summed E-state index contributed by atoms with van der Waals surface area (Å²) in [5.74, 6) is 1.09. The van der Waals surface area contributed by atoms with Gasteiger partial charge in [-0.2, -0.15) is 5.26 Å². The van der Waals surface area contributed by atoms with E-state index in [9.17, 15) is 4.79 Å². The van der Waals surface area contributed by atoms with Crippen molar-refractivity contribution in [1.29, 1.82) is 5.26 Å². The number of carbonyl (C=O) groups excluding carboxylic acids is 1. The molecule has 0 atom stereocenters. The molecule has 1 fully saturated rings. The third kappa shape index (κ3) is 3.86. The number of H-pyrrole nitrogens is 1. The van der Waals surface area contributed by atoms with E-state index in [2.05, 4.69) is 27.3 Å². The van der Waals surface area contributed by atoms with Crippen molar-refractivity contribution >= 4 is 28.1 Å². The Labute approximate surface area is 139 Å². The molecule has 1 saturated heterocycles. The van der Waals surface area contributed by atoms with E-state index in [0.717, 1.165) is 32.0 Å². The minimum Gasteiger partial charge on any atom is -0.321 e. The van der Waals surface area contributed by atoms with Gasteiger partial charge in [-0.05, 0) is 17.5 Å². The highest BCUT2D eigenvalue weighted by molar-refractivity contribution is 7.14. The average Bonchev–Trinajstić information content (AvgIpc) is 3.03. The number of aromatic amines is 1. The lowest BCUT2D eigenvalue weighted by Gasteiger charge is -2.27. The van der Waals surface area contributed by atoms with Gasteiger partial charge in [0.15, 0.2) is 6.54 Å². The number of rotatable bonds is 4. The van der Waals surface area contributed by atoms with Gasteiger partial charge in [0.25, 0.3) is 11.7 Å². The van der Waals surface area contributed by atoms with Crippen LogP contribution in [0.3, 0.4) is 0 Å².